The van der Waals surface area contributed by atoms with Gasteiger partial charge in [-0.2, -0.15) is 0 Å². The van der Waals surface area contributed by atoms with Crippen LogP contribution in [0.5, 0.6) is 0 Å². The fourth-order valence-electron chi connectivity index (χ4n) is 3.19. The zero-order valence-electron chi connectivity index (χ0n) is 16.2. The van der Waals surface area contributed by atoms with Gasteiger partial charge in [0, 0.05) is 32.6 Å². The van der Waals surface area contributed by atoms with Crippen molar-refractivity contribution in [3.05, 3.63) is 30.1 Å². The van der Waals surface area contributed by atoms with E-state index in [9.17, 15) is 14.0 Å². The van der Waals surface area contributed by atoms with E-state index in [2.05, 4.69) is 5.32 Å². The summed E-state index contributed by atoms with van der Waals surface area (Å²) in [5, 5.41) is 2.89. The molecule has 144 valence electrons. The van der Waals surface area contributed by atoms with Crippen molar-refractivity contribution in [2.45, 2.75) is 40.2 Å². The average Bonchev–Trinajstić information content (AvgIpc) is 2.59. The van der Waals surface area contributed by atoms with Crippen molar-refractivity contribution in [1.29, 1.82) is 0 Å². The van der Waals surface area contributed by atoms with E-state index in [4.69, 9.17) is 0 Å². The number of para-hydroxylation sites is 1. The Bertz CT molecular complexity index is 625. The lowest BCUT2D eigenvalue weighted by Crippen LogP contribution is -2.56. The molecule has 5 nitrogen and oxygen atoms in total. The summed E-state index contributed by atoms with van der Waals surface area (Å²) in [4.78, 5) is 28.7. The van der Waals surface area contributed by atoms with Crippen LogP contribution in [0.15, 0.2) is 24.3 Å². The molecule has 0 bridgehead atoms. The molecule has 0 saturated carbocycles. The van der Waals surface area contributed by atoms with Gasteiger partial charge in [-0.05, 0) is 24.0 Å². The Labute approximate surface area is 155 Å². The summed E-state index contributed by atoms with van der Waals surface area (Å²) in [6, 6.07) is 6.18. The van der Waals surface area contributed by atoms with E-state index in [-0.39, 0.29) is 29.5 Å². The molecule has 1 heterocycles. The van der Waals surface area contributed by atoms with Gasteiger partial charge in [0.25, 0.3) is 0 Å². The Morgan fingerprint density at radius 2 is 1.69 bits per heavy atom. The molecule has 1 unspecified atom stereocenters. The maximum absolute atomic E-state index is 13.9. The van der Waals surface area contributed by atoms with Crippen LogP contribution in [0.25, 0.3) is 0 Å². The monoisotopic (exact) mass is 363 g/mol. The van der Waals surface area contributed by atoms with E-state index in [1.165, 1.54) is 6.07 Å². The van der Waals surface area contributed by atoms with Crippen molar-refractivity contribution in [2.24, 2.45) is 11.8 Å². The van der Waals surface area contributed by atoms with Crippen LogP contribution in [0, 0.1) is 17.7 Å². The third-order valence-electron chi connectivity index (χ3n) is 4.63. The van der Waals surface area contributed by atoms with Gasteiger partial charge in [-0.15, -0.1) is 0 Å². The summed E-state index contributed by atoms with van der Waals surface area (Å²) in [7, 11) is 0. The maximum Gasteiger partial charge on any atom is 0.245 e. The highest BCUT2D eigenvalue weighted by Crippen LogP contribution is 2.20. The van der Waals surface area contributed by atoms with Gasteiger partial charge in [-0.3, -0.25) is 9.59 Å². The molecular weight excluding hydrogens is 333 g/mol. The highest BCUT2D eigenvalue weighted by atomic mass is 19.1. The van der Waals surface area contributed by atoms with Crippen LogP contribution in [0.3, 0.4) is 0 Å². The molecule has 1 saturated heterocycles. The Kier molecular flexibility index (Phi) is 7.00. The van der Waals surface area contributed by atoms with Crippen LogP contribution >= 0.6 is 0 Å². The molecule has 1 atom stereocenters. The molecule has 0 aliphatic carbocycles. The molecular formula is C20H30FN3O2. The predicted octanol–water partition coefficient (Wildman–Crippen LogP) is 2.66. The average molecular weight is 363 g/mol. The van der Waals surface area contributed by atoms with Crippen molar-refractivity contribution >= 4 is 17.5 Å². The fourth-order valence-corrected chi connectivity index (χ4v) is 3.19. The summed E-state index contributed by atoms with van der Waals surface area (Å²) >= 11 is 0. The van der Waals surface area contributed by atoms with Crippen LogP contribution in [-0.4, -0.2) is 48.9 Å². The lowest BCUT2D eigenvalue weighted by molar-refractivity contribution is -0.138. The number of halogens is 1. The summed E-state index contributed by atoms with van der Waals surface area (Å²) in [6.45, 7) is 10.0. The van der Waals surface area contributed by atoms with Gasteiger partial charge in [0.1, 0.15) is 11.9 Å². The van der Waals surface area contributed by atoms with E-state index in [0.717, 1.165) is 0 Å². The second-order valence-corrected chi connectivity index (χ2v) is 7.65. The Hall–Kier alpha value is -2.11. The predicted molar refractivity (Wildman–Crippen MR) is 101 cm³/mol. The van der Waals surface area contributed by atoms with Gasteiger partial charge in [-0.1, -0.05) is 39.8 Å². The Balaban J connectivity index is 1.96. The van der Waals surface area contributed by atoms with Gasteiger partial charge < -0.3 is 15.1 Å². The number of piperazine rings is 1. The second-order valence-electron chi connectivity index (χ2n) is 7.65. The zero-order chi connectivity index (χ0) is 19.3. The molecule has 1 N–H and O–H groups in total. The smallest absolute Gasteiger partial charge is 0.245 e. The lowest BCUT2D eigenvalue weighted by atomic mass is 10.0. The van der Waals surface area contributed by atoms with E-state index < -0.39 is 6.04 Å². The molecule has 6 heteroatoms. The number of nitrogens with zero attached hydrogens (tertiary/aromatic N) is 2. The van der Waals surface area contributed by atoms with Crippen molar-refractivity contribution < 1.29 is 14.0 Å². The van der Waals surface area contributed by atoms with Gasteiger partial charge in [-0.25, -0.2) is 4.39 Å². The normalized spacial score (nSPS) is 16.1. The minimum Gasteiger partial charge on any atom is -0.366 e. The molecule has 1 aromatic carbocycles. The summed E-state index contributed by atoms with van der Waals surface area (Å²) in [5.41, 5.74) is 0.574. The number of hydrogen-bond acceptors (Lipinski definition) is 3. The van der Waals surface area contributed by atoms with Gasteiger partial charge in [0.15, 0.2) is 0 Å². The third-order valence-corrected chi connectivity index (χ3v) is 4.63. The van der Waals surface area contributed by atoms with E-state index in [0.29, 0.717) is 38.3 Å². The first-order valence-corrected chi connectivity index (χ1v) is 9.37. The molecule has 2 amide bonds. The summed E-state index contributed by atoms with van der Waals surface area (Å²) < 4.78 is 13.9. The standard InChI is InChI=1S/C20H30FN3O2/c1-14(2)13-18(25)22-19(15(3)4)20(26)24-11-9-23(10-12-24)17-8-6-5-7-16(17)21/h5-8,14-15,19H,9-13H2,1-4H3,(H,22,25). The van der Waals surface area contributed by atoms with Gasteiger partial charge in [0.05, 0.1) is 5.69 Å². The quantitative estimate of drug-likeness (QED) is 0.845. The van der Waals surface area contributed by atoms with Crippen molar-refractivity contribution in [2.75, 3.05) is 31.1 Å². The summed E-state index contributed by atoms with van der Waals surface area (Å²) in [5.74, 6) is -0.110. The molecule has 1 fully saturated rings. The van der Waals surface area contributed by atoms with Crippen molar-refractivity contribution in [1.82, 2.24) is 10.2 Å². The Morgan fingerprint density at radius 3 is 2.23 bits per heavy atom. The number of hydrogen-bond donors (Lipinski definition) is 1. The lowest BCUT2D eigenvalue weighted by Gasteiger charge is -2.38. The van der Waals surface area contributed by atoms with Crippen LogP contribution in [0.2, 0.25) is 0 Å². The highest BCUT2D eigenvalue weighted by Gasteiger charge is 2.31. The zero-order valence-corrected chi connectivity index (χ0v) is 16.2. The minimum atomic E-state index is -0.513. The van der Waals surface area contributed by atoms with Crippen molar-refractivity contribution in [3.63, 3.8) is 0 Å². The number of nitrogens with one attached hydrogen (secondary N) is 1. The van der Waals surface area contributed by atoms with E-state index in [1.54, 1.807) is 17.0 Å². The molecule has 1 aliphatic heterocycles. The molecule has 1 aromatic rings. The molecule has 0 spiro atoms. The van der Waals surface area contributed by atoms with Crippen LogP contribution in [0.4, 0.5) is 10.1 Å². The van der Waals surface area contributed by atoms with Crippen LogP contribution in [-0.2, 0) is 9.59 Å². The number of rotatable bonds is 6. The largest absolute Gasteiger partial charge is 0.366 e. The SMILES string of the molecule is CC(C)CC(=O)NC(C(=O)N1CCN(c2ccccc2F)CC1)C(C)C. The first kappa shape index (κ1) is 20.2. The molecule has 0 radical (unpaired) electrons. The molecule has 1 aliphatic rings. The minimum absolute atomic E-state index is 0.0169. The highest BCUT2D eigenvalue weighted by molar-refractivity contribution is 5.88. The second kappa shape index (κ2) is 9.01. The van der Waals surface area contributed by atoms with E-state index >= 15 is 0 Å². The number of anilines is 1. The van der Waals surface area contributed by atoms with Crippen LogP contribution in [0.1, 0.15) is 34.1 Å². The van der Waals surface area contributed by atoms with Crippen molar-refractivity contribution in [3.8, 4) is 0 Å². The maximum atomic E-state index is 13.9. The molecule has 2 rings (SSSR count). The number of carbonyl (C=O) groups excluding carboxylic acids is 2. The molecule has 0 aromatic heterocycles. The van der Waals surface area contributed by atoms with Gasteiger partial charge in [0.2, 0.25) is 11.8 Å². The topological polar surface area (TPSA) is 52.7 Å². The molecule has 26 heavy (non-hydrogen) atoms. The first-order valence-electron chi connectivity index (χ1n) is 9.37. The van der Waals surface area contributed by atoms with Gasteiger partial charge >= 0.3 is 0 Å². The third kappa shape index (κ3) is 5.19. The van der Waals surface area contributed by atoms with Crippen LogP contribution < -0.4 is 10.2 Å². The number of amides is 2. The number of benzene rings is 1. The number of carbonyl (C=O) groups is 2. The summed E-state index contributed by atoms with van der Waals surface area (Å²) in [6.07, 6.45) is 0.414. The van der Waals surface area contributed by atoms with E-state index in [1.807, 2.05) is 38.7 Å². The fraction of sp³-hybridized carbons (Fsp3) is 0.600. The first-order chi connectivity index (χ1) is 12.3. The Morgan fingerprint density at radius 1 is 1.08 bits per heavy atom.